The summed E-state index contributed by atoms with van der Waals surface area (Å²) in [5.74, 6) is 1.61. The van der Waals surface area contributed by atoms with E-state index < -0.39 is 0 Å². The van der Waals surface area contributed by atoms with E-state index in [1.165, 1.54) is 0 Å². The van der Waals surface area contributed by atoms with Crippen molar-refractivity contribution < 1.29 is 4.52 Å². The van der Waals surface area contributed by atoms with Crippen LogP contribution in [0.2, 0.25) is 0 Å². The first-order chi connectivity index (χ1) is 13.2. The predicted molar refractivity (Wildman–Crippen MR) is 99.7 cm³/mol. The highest BCUT2D eigenvalue weighted by molar-refractivity contribution is 5.77. The zero-order valence-electron chi connectivity index (χ0n) is 14.8. The minimum absolute atomic E-state index is 0.136. The highest BCUT2D eigenvalue weighted by atomic mass is 16.5. The molecule has 0 aliphatic heterocycles. The Bertz CT molecular complexity index is 1110. The van der Waals surface area contributed by atoms with E-state index in [2.05, 4.69) is 30.0 Å². The van der Waals surface area contributed by atoms with Crippen molar-refractivity contribution >= 4 is 10.9 Å². The molecule has 0 amide bonds. The molecule has 136 valence electrons. The fraction of sp³-hybridized carbons (Fsp3) is 0.211. The van der Waals surface area contributed by atoms with E-state index in [9.17, 15) is 4.79 Å². The number of H-pyrrole nitrogens is 1. The van der Waals surface area contributed by atoms with Gasteiger partial charge in [0, 0.05) is 18.0 Å². The van der Waals surface area contributed by atoms with Crippen LogP contribution >= 0.6 is 0 Å². The molecule has 8 nitrogen and oxygen atoms in total. The number of para-hydroxylation sites is 1. The largest absolute Gasteiger partial charge is 0.338 e. The number of nitrogens with zero attached hydrogens (tertiary/aromatic N) is 5. The average molecular weight is 362 g/mol. The molecule has 0 bridgehead atoms. The average Bonchev–Trinajstić information content (AvgIpc) is 3.17. The quantitative estimate of drug-likeness (QED) is 0.562. The summed E-state index contributed by atoms with van der Waals surface area (Å²) in [6.45, 7) is 3.69. The summed E-state index contributed by atoms with van der Waals surface area (Å²) in [5, 5.41) is 4.60. The van der Waals surface area contributed by atoms with Crippen molar-refractivity contribution in [3.63, 3.8) is 0 Å². The number of hydrogen-bond donors (Lipinski definition) is 1. The first-order valence-electron chi connectivity index (χ1n) is 8.66. The molecule has 0 radical (unpaired) electrons. The van der Waals surface area contributed by atoms with Crippen molar-refractivity contribution in [1.82, 2.24) is 30.0 Å². The van der Waals surface area contributed by atoms with Crippen LogP contribution in [0.5, 0.6) is 0 Å². The van der Waals surface area contributed by atoms with Crippen molar-refractivity contribution in [3.8, 4) is 11.4 Å². The van der Waals surface area contributed by atoms with Gasteiger partial charge in [-0.1, -0.05) is 24.2 Å². The van der Waals surface area contributed by atoms with Crippen LogP contribution in [0.15, 0.2) is 58.1 Å². The molecular formula is C19H18N6O2. The van der Waals surface area contributed by atoms with Gasteiger partial charge in [0.15, 0.2) is 0 Å². The zero-order chi connectivity index (χ0) is 18.6. The van der Waals surface area contributed by atoms with Crippen molar-refractivity contribution in [2.75, 3.05) is 6.54 Å². The molecule has 0 aliphatic rings. The van der Waals surface area contributed by atoms with Gasteiger partial charge >= 0.3 is 0 Å². The van der Waals surface area contributed by atoms with Crippen LogP contribution in [0, 0.1) is 0 Å². The van der Waals surface area contributed by atoms with Gasteiger partial charge in [-0.15, -0.1) is 0 Å². The van der Waals surface area contributed by atoms with E-state index in [0.717, 1.165) is 12.1 Å². The number of hydrogen-bond acceptors (Lipinski definition) is 7. The molecule has 4 aromatic rings. The minimum atomic E-state index is -0.136. The lowest BCUT2D eigenvalue weighted by Gasteiger charge is -2.17. The van der Waals surface area contributed by atoms with E-state index in [-0.39, 0.29) is 5.56 Å². The summed E-state index contributed by atoms with van der Waals surface area (Å²) >= 11 is 0. The smallest absolute Gasteiger partial charge is 0.258 e. The van der Waals surface area contributed by atoms with Gasteiger partial charge in [0.2, 0.25) is 11.7 Å². The summed E-state index contributed by atoms with van der Waals surface area (Å²) < 4.78 is 5.36. The van der Waals surface area contributed by atoms with Crippen molar-refractivity contribution in [2.24, 2.45) is 0 Å². The van der Waals surface area contributed by atoms with Crippen molar-refractivity contribution in [2.45, 2.75) is 20.0 Å². The normalized spacial score (nSPS) is 11.3. The zero-order valence-corrected chi connectivity index (χ0v) is 14.8. The maximum Gasteiger partial charge on any atom is 0.258 e. The first kappa shape index (κ1) is 17.0. The lowest BCUT2D eigenvalue weighted by Crippen LogP contribution is -2.25. The number of fused-ring (bicyclic) bond motifs is 1. The van der Waals surface area contributed by atoms with E-state index >= 15 is 0 Å². The Labute approximate surface area is 154 Å². The molecule has 1 aromatic carbocycles. The highest BCUT2D eigenvalue weighted by Crippen LogP contribution is 2.15. The van der Waals surface area contributed by atoms with Crippen LogP contribution in [0.4, 0.5) is 0 Å². The minimum Gasteiger partial charge on any atom is -0.338 e. The molecule has 1 N–H and O–H groups in total. The van der Waals surface area contributed by atoms with Crippen LogP contribution in [0.3, 0.4) is 0 Å². The molecule has 4 rings (SSSR count). The third-order valence-corrected chi connectivity index (χ3v) is 4.23. The first-order valence-corrected chi connectivity index (χ1v) is 8.66. The molecule has 0 spiro atoms. The van der Waals surface area contributed by atoms with Gasteiger partial charge in [-0.05, 0) is 30.8 Å². The Balaban J connectivity index is 1.52. The Kier molecular flexibility index (Phi) is 4.71. The number of benzene rings is 1. The second kappa shape index (κ2) is 7.46. The van der Waals surface area contributed by atoms with E-state index in [4.69, 9.17) is 4.52 Å². The Morgan fingerprint density at radius 2 is 2.00 bits per heavy atom. The molecule has 0 atom stereocenters. The van der Waals surface area contributed by atoms with Crippen LogP contribution in [0.1, 0.15) is 18.6 Å². The van der Waals surface area contributed by atoms with E-state index in [1.54, 1.807) is 18.5 Å². The number of rotatable bonds is 6. The molecule has 3 heterocycles. The SMILES string of the molecule is CCN(Cc1nc2ccccc2c(=O)[nH]1)Cc1nc(-c2cccnc2)no1. The van der Waals surface area contributed by atoms with Gasteiger partial charge in [0.1, 0.15) is 5.82 Å². The van der Waals surface area contributed by atoms with E-state index in [0.29, 0.717) is 41.5 Å². The molecule has 0 saturated carbocycles. The van der Waals surface area contributed by atoms with Gasteiger partial charge in [-0.25, -0.2) is 4.98 Å². The molecule has 0 unspecified atom stereocenters. The number of aromatic amines is 1. The standard InChI is InChI=1S/C19H18N6O2/c1-2-25(11-16-21-15-8-4-3-7-14(15)19(26)22-16)12-17-23-18(24-27-17)13-6-5-9-20-10-13/h3-10H,2,11-12H2,1H3,(H,21,22,26). The summed E-state index contributed by atoms with van der Waals surface area (Å²) in [6, 6.07) is 11.0. The molecular weight excluding hydrogens is 344 g/mol. The fourth-order valence-electron chi connectivity index (χ4n) is 2.82. The molecule has 0 aliphatic carbocycles. The van der Waals surface area contributed by atoms with E-state index in [1.807, 2.05) is 37.3 Å². The Morgan fingerprint density at radius 3 is 2.81 bits per heavy atom. The number of nitrogens with one attached hydrogen (secondary N) is 1. The van der Waals surface area contributed by atoms with Crippen LogP contribution < -0.4 is 5.56 Å². The van der Waals surface area contributed by atoms with Crippen LogP contribution in [0.25, 0.3) is 22.3 Å². The topological polar surface area (TPSA) is 101 Å². The molecule has 0 saturated heterocycles. The summed E-state index contributed by atoms with van der Waals surface area (Å²) in [4.78, 5) is 30.2. The lowest BCUT2D eigenvalue weighted by atomic mass is 10.2. The molecule has 8 heteroatoms. The van der Waals surface area contributed by atoms with Gasteiger partial charge in [0.25, 0.3) is 5.56 Å². The maximum absolute atomic E-state index is 12.2. The lowest BCUT2D eigenvalue weighted by molar-refractivity contribution is 0.224. The van der Waals surface area contributed by atoms with Gasteiger partial charge in [-0.3, -0.25) is 14.7 Å². The molecule has 0 fully saturated rings. The second-order valence-corrected chi connectivity index (χ2v) is 6.09. The van der Waals surface area contributed by atoms with Crippen LogP contribution in [-0.4, -0.2) is 36.5 Å². The predicted octanol–water partition coefficient (Wildman–Crippen LogP) is 2.39. The monoisotopic (exact) mass is 362 g/mol. The maximum atomic E-state index is 12.2. The molecule has 27 heavy (non-hydrogen) atoms. The Hall–Kier alpha value is -3.39. The van der Waals surface area contributed by atoms with Crippen molar-refractivity contribution in [3.05, 3.63) is 70.9 Å². The summed E-state index contributed by atoms with van der Waals surface area (Å²) in [5.41, 5.74) is 1.35. The van der Waals surface area contributed by atoms with Gasteiger partial charge in [0.05, 0.1) is 24.0 Å². The van der Waals surface area contributed by atoms with Gasteiger partial charge in [-0.2, -0.15) is 4.98 Å². The van der Waals surface area contributed by atoms with Crippen molar-refractivity contribution in [1.29, 1.82) is 0 Å². The van der Waals surface area contributed by atoms with Crippen LogP contribution in [-0.2, 0) is 13.1 Å². The highest BCUT2D eigenvalue weighted by Gasteiger charge is 2.14. The Morgan fingerprint density at radius 1 is 1.11 bits per heavy atom. The third kappa shape index (κ3) is 3.75. The third-order valence-electron chi connectivity index (χ3n) is 4.23. The number of aromatic nitrogens is 5. The molecule has 3 aromatic heterocycles. The van der Waals surface area contributed by atoms with Gasteiger partial charge < -0.3 is 9.51 Å². The summed E-state index contributed by atoms with van der Waals surface area (Å²) in [6.07, 6.45) is 3.39. The second-order valence-electron chi connectivity index (χ2n) is 6.09. The fourth-order valence-corrected chi connectivity index (χ4v) is 2.82. The number of pyridine rings is 1. The summed E-state index contributed by atoms with van der Waals surface area (Å²) in [7, 11) is 0.